The Morgan fingerprint density at radius 2 is 2.23 bits per heavy atom. The minimum atomic E-state index is 0.0549. The highest BCUT2D eigenvalue weighted by Gasteiger charge is 2.17. The number of allylic oxidation sites excluding steroid dienone is 1. The zero-order valence-electron chi connectivity index (χ0n) is 7.42. The Morgan fingerprint density at radius 1 is 1.46 bits per heavy atom. The summed E-state index contributed by atoms with van der Waals surface area (Å²) in [6, 6.07) is 3.39. The van der Waals surface area contributed by atoms with Crippen LogP contribution in [0.5, 0.6) is 0 Å². The van der Waals surface area contributed by atoms with E-state index in [1.54, 1.807) is 22.8 Å². The van der Waals surface area contributed by atoms with Gasteiger partial charge in [0.15, 0.2) is 0 Å². The number of nitrogens with zero attached hydrogens (tertiary/aromatic N) is 1. The molecule has 1 aromatic rings. The standard InChI is InChI=1S/C11H11NO/c1-3-9-4-5-10(13)12-7-6-8(2)11(9)12/h3-5H,1-2,6-7H2. The van der Waals surface area contributed by atoms with E-state index in [2.05, 4.69) is 13.2 Å². The molecule has 0 spiro atoms. The zero-order chi connectivity index (χ0) is 9.42. The average Bonchev–Trinajstić information content (AvgIpc) is 2.51. The Morgan fingerprint density at radius 3 is 2.92 bits per heavy atom. The van der Waals surface area contributed by atoms with E-state index in [0.29, 0.717) is 0 Å². The fourth-order valence-corrected chi connectivity index (χ4v) is 1.74. The van der Waals surface area contributed by atoms with Gasteiger partial charge in [0.2, 0.25) is 0 Å². The van der Waals surface area contributed by atoms with Crippen LogP contribution in [-0.2, 0) is 6.54 Å². The Bertz CT molecular complexity index is 440. The average molecular weight is 173 g/mol. The van der Waals surface area contributed by atoms with Gasteiger partial charge in [0.1, 0.15) is 0 Å². The second-order valence-electron chi connectivity index (χ2n) is 3.18. The Balaban J connectivity index is 2.81. The molecule has 0 bridgehead atoms. The summed E-state index contributed by atoms with van der Waals surface area (Å²) in [7, 11) is 0. The maximum atomic E-state index is 11.4. The molecule has 0 atom stereocenters. The van der Waals surface area contributed by atoms with Crippen LogP contribution < -0.4 is 5.56 Å². The van der Waals surface area contributed by atoms with Crippen molar-refractivity contribution in [1.29, 1.82) is 0 Å². The van der Waals surface area contributed by atoms with Gasteiger partial charge in [0, 0.05) is 12.6 Å². The van der Waals surface area contributed by atoms with Crippen LogP contribution in [0.4, 0.5) is 0 Å². The maximum absolute atomic E-state index is 11.4. The molecule has 0 saturated carbocycles. The fraction of sp³-hybridized carbons (Fsp3) is 0.182. The molecule has 0 saturated heterocycles. The van der Waals surface area contributed by atoms with Crippen LogP contribution in [0.1, 0.15) is 17.7 Å². The SMILES string of the molecule is C=Cc1ccc(=O)n2c1C(=C)CC2. The largest absolute Gasteiger partial charge is 0.308 e. The molecular weight excluding hydrogens is 162 g/mol. The summed E-state index contributed by atoms with van der Waals surface area (Å²) in [5, 5.41) is 0. The molecule has 2 heteroatoms. The molecule has 0 radical (unpaired) electrons. The third-order valence-corrected chi connectivity index (χ3v) is 2.41. The lowest BCUT2D eigenvalue weighted by atomic mass is 10.1. The molecule has 1 aromatic heterocycles. The van der Waals surface area contributed by atoms with Gasteiger partial charge in [-0.25, -0.2) is 0 Å². The smallest absolute Gasteiger partial charge is 0.251 e. The topological polar surface area (TPSA) is 22.0 Å². The fourth-order valence-electron chi connectivity index (χ4n) is 1.74. The van der Waals surface area contributed by atoms with Crippen molar-refractivity contribution in [2.75, 3.05) is 0 Å². The summed E-state index contributed by atoms with van der Waals surface area (Å²) >= 11 is 0. The van der Waals surface area contributed by atoms with E-state index >= 15 is 0 Å². The maximum Gasteiger partial charge on any atom is 0.251 e. The predicted molar refractivity (Wildman–Crippen MR) is 54.4 cm³/mol. The van der Waals surface area contributed by atoms with Crippen LogP contribution in [-0.4, -0.2) is 4.57 Å². The van der Waals surface area contributed by atoms with E-state index < -0.39 is 0 Å². The van der Waals surface area contributed by atoms with Crippen molar-refractivity contribution in [3.8, 4) is 0 Å². The van der Waals surface area contributed by atoms with Crippen molar-refractivity contribution >= 4 is 11.6 Å². The summed E-state index contributed by atoms with van der Waals surface area (Å²) < 4.78 is 1.76. The van der Waals surface area contributed by atoms with Crippen LogP contribution in [0.15, 0.2) is 30.1 Å². The van der Waals surface area contributed by atoms with E-state index in [4.69, 9.17) is 0 Å². The quantitative estimate of drug-likeness (QED) is 0.635. The third-order valence-electron chi connectivity index (χ3n) is 2.41. The molecule has 1 aliphatic heterocycles. The summed E-state index contributed by atoms with van der Waals surface area (Å²) in [5.74, 6) is 0. The molecular formula is C11H11NO. The van der Waals surface area contributed by atoms with E-state index in [1.807, 2.05) is 0 Å². The number of rotatable bonds is 1. The number of hydrogen-bond acceptors (Lipinski definition) is 1. The highest BCUT2D eigenvalue weighted by molar-refractivity contribution is 5.71. The summed E-state index contributed by atoms with van der Waals surface area (Å²) in [4.78, 5) is 11.4. The summed E-state index contributed by atoms with van der Waals surface area (Å²) in [6.45, 7) is 8.41. The Hall–Kier alpha value is -1.57. The van der Waals surface area contributed by atoms with E-state index in [9.17, 15) is 4.79 Å². The highest BCUT2D eigenvalue weighted by Crippen LogP contribution is 2.26. The van der Waals surface area contributed by atoms with Gasteiger partial charge in [-0.05, 0) is 23.6 Å². The van der Waals surface area contributed by atoms with Gasteiger partial charge >= 0.3 is 0 Å². The monoisotopic (exact) mass is 173 g/mol. The lowest BCUT2D eigenvalue weighted by Crippen LogP contribution is -2.18. The molecule has 1 aliphatic rings. The van der Waals surface area contributed by atoms with E-state index in [-0.39, 0.29) is 5.56 Å². The number of pyridine rings is 1. The Labute approximate surface area is 76.8 Å². The molecule has 66 valence electrons. The van der Waals surface area contributed by atoms with Crippen LogP contribution in [0.2, 0.25) is 0 Å². The minimum Gasteiger partial charge on any atom is -0.308 e. The first-order valence-corrected chi connectivity index (χ1v) is 4.28. The molecule has 0 aliphatic carbocycles. The molecule has 0 amide bonds. The molecule has 0 aromatic carbocycles. The highest BCUT2D eigenvalue weighted by atomic mass is 16.1. The first-order chi connectivity index (χ1) is 6.24. The van der Waals surface area contributed by atoms with Crippen molar-refractivity contribution in [3.05, 3.63) is 46.9 Å². The summed E-state index contributed by atoms with van der Waals surface area (Å²) in [5.41, 5.74) is 3.05. The molecule has 2 rings (SSSR count). The van der Waals surface area contributed by atoms with Gasteiger partial charge < -0.3 is 4.57 Å². The van der Waals surface area contributed by atoms with Crippen molar-refractivity contribution in [1.82, 2.24) is 4.57 Å². The van der Waals surface area contributed by atoms with Gasteiger partial charge in [-0.1, -0.05) is 19.2 Å². The molecule has 2 nitrogen and oxygen atoms in total. The van der Waals surface area contributed by atoms with Crippen molar-refractivity contribution in [2.24, 2.45) is 0 Å². The second kappa shape index (κ2) is 2.73. The first kappa shape index (κ1) is 8.05. The van der Waals surface area contributed by atoms with Gasteiger partial charge in [-0.2, -0.15) is 0 Å². The number of aromatic nitrogens is 1. The molecule has 2 heterocycles. The molecule has 0 N–H and O–H groups in total. The van der Waals surface area contributed by atoms with Crippen LogP contribution in [0, 0.1) is 0 Å². The van der Waals surface area contributed by atoms with Crippen molar-refractivity contribution < 1.29 is 0 Å². The normalized spacial score (nSPS) is 14.3. The van der Waals surface area contributed by atoms with Crippen molar-refractivity contribution in [2.45, 2.75) is 13.0 Å². The minimum absolute atomic E-state index is 0.0549. The number of hydrogen-bond donors (Lipinski definition) is 0. The lowest BCUT2D eigenvalue weighted by molar-refractivity contribution is 0.730. The van der Waals surface area contributed by atoms with Gasteiger partial charge in [0.05, 0.1) is 5.69 Å². The first-order valence-electron chi connectivity index (χ1n) is 4.28. The molecule has 0 unspecified atom stereocenters. The second-order valence-corrected chi connectivity index (χ2v) is 3.18. The van der Waals surface area contributed by atoms with E-state index in [0.717, 1.165) is 29.8 Å². The van der Waals surface area contributed by atoms with Crippen LogP contribution in [0.3, 0.4) is 0 Å². The summed E-state index contributed by atoms with van der Waals surface area (Å²) in [6.07, 6.45) is 2.64. The van der Waals surface area contributed by atoms with Crippen molar-refractivity contribution in [3.63, 3.8) is 0 Å². The zero-order valence-corrected chi connectivity index (χ0v) is 7.42. The van der Waals surface area contributed by atoms with Gasteiger partial charge in [0.25, 0.3) is 5.56 Å². The Kier molecular flexibility index (Phi) is 1.69. The third kappa shape index (κ3) is 1.06. The molecule has 13 heavy (non-hydrogen) atoms. The predicted octanol–water partition coefficient (Wildman–Crippen LogP) is 1.91. The van der Waals surface area contributed by atoms with E-state index in [1.165, 1.54) is 0 Å². The van der Waals surface area contributed by atoms with Gasteiger partial charge in [-0.15, -0.1) is 0 Å². The molecule has 0 fully saturated rings. The van der Waals surface area contributed by atoms with Crippen LogP contribution in [0.25, 0.3) is 11.6 Å². The van der Waals surface area contributed by atoms with Crippen LogP contribution >= 0.6 is 0 Å². The van der Waals surface area contributed by atoms with Gasteiger partial charge in [-0.3, -0.25) is 4.79 Å². The lowest BCUT2D eigenvalue weighted by Gasteiger charge is -2.05. The number of fused-ring (bicyclic) bond motifs is 1.